The number of carbonyl (C=O) groups excluding carboxylic acids is 1. The molecule has 1 N–H and O–H groups in total. The highest BCUT2D eigenvalue weighted by Crippen LogP contribution is 2.30. The molecular weight excluding hydrogens is 440 g/mol. The first-order valence-corrected chi connectivity index (χ1v) is 11.5. The Balaban J connectivity index is 1.36. The number of aromatic nitrogens is 1. The fraction of sp³-hybridized carbons (Fsp3) is 0.250. The Bertz CT molecular complexity index is 1150. The third kappa shape index (κ3) is 5.82. The molecule has 3 aromatic rings. The Morgan fingerprint density at radius 1 is 1.15 bits per heavy atom. The molecule has 2 unspecified atom stereocenters. The van der Waals surface area contributed by atoms with Gasteiger partial charge in [-0.3, -0.25) is 14.9 Å². The van der Waals surface area contributed by atoms with Gasteiger partial charge in [0.25, 0.3) is 5.69 Å². The molecule has 1 aliphatic heterocycles. The predicted molar refractivity (Wildman–Crippen MR) is 131 cm³/mol. The lowest BCUT2D eigenvalue weighted by molar-refractivity contribution is -0.384. The summed E-state index contributed by atoms with van der Waals surface area (Å²) in [4.78, 5) is 29.5. The average Bonchev–Trinajstić information content (AvgIpc) is 3.28. The maximum atomic E-state index is 12.2. The van der Waals surface area contributed by atoms with Gasteiger partial charge in [-0.05, 0) is 49.8 Å². The van der Waals surface area contributed by atoms with Crippen molar-refractivity contribution in [2.75, 3.05) is 23.3 Å². The van der Waals surface area contributed by atoms with Crippen LogP contribution in [0.15, 0.2) is 60.0 Å². The zero-order valence-corrected chi connectivity index (χ0v) is 19.1. The van der Waals surface area contributed by atoms with Crippen molar-refractivity contribution in [2.24, 2.45) is 0 Å². The van der Waals surface area contributed by atoms with Crippen molar-refractivity contribution in [3.05, 3.63) is 75.7 Å². The normalized spacial score (nSPS) is 18.4. The highest BCUT2D eigenvalue weighted by molar-refractivity contribution is 7.14. The summed E-state index contributed by atoms with van der Waals surface area (Å²) in [5, 5.41) is 16.5. The minimum absolute atomic E-state index is 0.0120. The van der Waals surface area contributed by atoms with Crippen LogP contribution in [-0.4, -0.2) is 41.1 Å². The molecule has 33 heavy (non-hydrogen) atoms. The first kappa shape index (κ1) is 22.6. The van der Waals surface area contributed by atoms with Crippen LogP contribution >= 0.6 is 11.3 Å². The van der Waals surface area contributed by atoms with Crippen LogP contribution in [0.4, 0.5) is 16.5 Å². The standard InChI is InChI=1S/C24H24N4O4S/c1-16-13-27(14-17(2)32-16)24-26-22(15-33-24)19-6-8-20(9-7-19)25-23(29)12-5-18-3-10-21(11-4-18)28(30)31/h3-12,15-17H,13-14H2,1-2H3,(H,25,29). The topological polar surface area (TPSA) is 97.6 Å². The van der Waals surface area contributed by atoms with E-state index in [1.807, 2.05) is 29.6 Å². The zero-order chi connectivity index (χ0) is 23.4. The Morgan fingerprint density at radius 2 is 1.82 bits per heavy atom. The minimum atomic E-state index is -0.458. The van der Waals surface area contributed by atoms with Crippen LogP contribution < -0.4 is 10.2 Å². The SMILES string of the molecule is CC1CN(c2nc(-c3ccc(NC(=O)C=Cc4ccc([N+](=O)[O-])cc4)cc3)cs2)CC(C)O1. The number of ether oxygens (including phenoxy) is 1. The molecule has 0 saturated carbocycles. The van der Waals surface area contributed by atoms with Gasteiger partial charge in [0, 0.05) is 47.9 Å². The number of hydrogen-bond donors (Lipinski definition) is 1. The molecule has 4 rings (SSSR count). The van der Waals surface area contributed by atoms with Crippen molar-refractivity contribution in [1.29, 1.82) is 0 Å². The van der Waals surface area contributed by atoms with Crippen LogP contribution in [-0.2, 0) is 9.53 Å². The average molecular weight is 465 g/mol. The maximum Gasteiger partial charge on any atom is 0.269 e. The second kappa shape index (κ2) is 9.93. The lowest BCUT2D eigenvalue weighted by atomic mass is 10.1. The van der Waals surface area contributed by atoms with E-state index in [4.69, 9.17) is 9.72 Å². The number of morpholine rings is 1. The number of nitro benzene ring substituents is 1. The van der Waals surface area contributed by atoms with Gasteiger partial charge < -0.3 is 15.0 Å². The molecule has 1 saturated heterocycles. The molecule has 8 nitrogen and oxygen atoms in total. The number of benzene rings is 2. The molecule has 1 aliphatic rings. The second-order valence-electron chi connectivity index (χ2n) is 7.93. The van der Waals surface area contributed by atoms with Gasteiger partial charge in [0.15, 0.2) is 5.13 Å². The second-order valence-corrected chi connectivity index (χ2v) is 8.76. The maximum absolute atomic E-state index is 12.2. The number of anilines is 2. The smallest absolute Gasteiger partial charge is 0.269 e. The Morgan fingerprint density at radius 3 is 2.45 bits per heavy atom. The first-order chi connectivity index (χ1) is 15.9. The minimum Gasteiger partial charge on any atom is -0.372 e. The first-order valence-electron chi connectivity index (χ1n) is 10.6. The monoisotopic (exact) mass is 464 g/mol. The number of rotatable bonds is 6. The molecule has 2 aromatic carbocycles. The molecule has 0 radical (unpaired) electrons. The van der Waals surface area contributed by atoms with Gasteiger partial charge in [-0.25, -0.2) is 4.98 Å². The predicted octanol–water partition coefficient (Wildman–Crippen LogP) is 4.98. The molecule has 0 aliphatic carbocycles. The third-order valence-electron chi connectivity index (χ3n) is 5.16. The fourth-order valence-corrected chi connectivity index (χ4v) is 4.52. The molecule has 0 spiro atoms. The molecule has 1 amide bonds. The van der Waals surface area contributed by atoms with Gasteiger partial charge in [-0.15, -0.1) is 11.3 Å². The molecule has 170 valence electrons. The van der Waals surface area contributed by atoms with Crippen LogP contribution in [0.5, 0.6) is 0 Å². The number of nitrogens with one attached hydrogen (secondary N) is 1. The zero-order valence-electron chi connectivity index (χ0n) is 18.3. The number of nitro groups is 1. The number of non-ortho nitro benzene ring substituents is 1. The Kier molecular flexibility index (Phi) is 6.81. The fourth-order valence-electron chi connectivity index (χ4n) is 3.66. The van der Waals surface area contributed by atoms with E-state index in [1.165, 1.54) is 18.2 Å². The van der Waals surface area contributed by atoms with Crippen molar-refractivity contribution in [3.8, 4) is 11.3 Å². The van der Waals surface area contributed by atoms with Crippen LogP contribution in [0.1, 0.15) is 19.4 Å². The number of hydrogen-bond acceptors (Lipinski definition) is 7. The number of nitrogens with zero attached hydrogens (tertiary/aromatic N) is 3. The molecule has 0 bridgehead atoms. The molecule has 1 fully saturated rings. The van der Waals surface area contributed by atoms with Gasteiger partial charge in [0.2, 0.25) is 5.91 Å². The molecule has 2 atom stereocenters. The highest BCUT2D eigenvalue weighted by atomic mass is 32.1. The van der Waals surface area contributed by atoms with Crippen molar-refractivity contribution in [3.63, 3.8) is 0 Å². The lowest BCUT2D eigenvalue weighted by Gasteiger charge is -2.35. The van der Waals surface area contributed by atoms with E-state index in [0.717, 1.165) is 29.5 Å². The van der Waals surface area contributed by atoms with Crippen LogP contribution in [0.2, 0.25) is 0 Å². The third-order valence-corrected chi connectivity index (χ3v) is 6.06. The van der Waals surface area contributed by atoms with Gasteiger partial charge >= 0.3 is 0 Å². The summed E-state index contributed by atoms with van der Waals surface area (Å²) in [7, 11) is 0. The molecule has 9 heteroatoms. The summed E-state index contributed by atoms with van der Waals surface area (Å²) in [6.07, 6.45) is 3.36. The summed E-state index contributed by atoms with van der Waals surface area (Å²) in [6.45, 7) is 5.81. The quantitative estimate of drug-likeness (QED) is 0.314. The van der Waals surface area contributed by atoms with Gasteiger partial charge in [0.1, 0.15) is 0 Å². The summed E-state index contributed by atoms with van der Waals surface area (Å²) < 4.78 is 5.80. The summed E-state index contributed by atoms with van der Waals surface area (Å²) in [5.74, 6) is -0.285. The van der Waals surface area contributed by atoms with E-state index in [1.54, 1.807) is 29.5 Å². The van der Waals surface area contributed by atoms with E-state index < -0.39 is 4.92 Å². The Labute approximate surface area is 195 Å². The number of carbonyl (C=O) groups is 1. The number of thiazole rings is 1. The number of amides is 1. The summed E-state index contributed by atoms with van der Waals surface area (Å²) in [5.41, 5.74) is 3.26. The molecule has 2 heterocycles. The van der Waals surface area contributed by atoms with Crippen molar-refractivity contribution in [1.82, 2.24) is 4.98 Å². The largest absolute Gasteiger partial charge is 0.372 e. The van der Waals surface area contributed by atoms with Crippen LogP contribution in [0, 0.1) is 10.1 Å². The lowest BCUT2D eigenvalue weighted by Crippen LogP contribution is -2.45. The molecular formula is C24H24N4O4S. The van der Waals surface area contributed by atoms with Gasteiger partial charge in [-0.2, -0.15) is 0 Å². The van der Waals surface area contributed by atoms with E-state index in [9.17, 15) is 14.9 Å². The van der Waals surface area contributed by atoms with Gasteiger partial charge in [0.05, 0.1) is 22.8 Å². The van der Waals surface area contributed by atoms with E-state index in [2.05, 4.69) is 24.1 Å². The highest BCUT2D eigenvalue weighted by Gasteiger charge is 2.24. The van der Waals surface area contributed by atoms with Crippen molar-refractivity contribution in [2.45, 2.75) is 26.1 Å². The Hall–Kier alpha value is -3.56. The molecule has 1 aromatic heterocycles. The summed E-state index contributed by atoms with van der Waals surface area (Å²) in [6, 6.07) is 13.5. The van der Waals surface area contributed by atoms with E-state index in [-0.39, 0.29) is 23.8 Å². The van der Waals surface area contributed by atoms with Gasteiger partial charge in [-0.1, -0.05) is 12.1 Å². The summed E-state index contributed by atoms with van der Waals surface area (Å²) >= 11 is 1.62. The van der Waals surface area contributed by atoms with Crippen LogP contribution in [0.3, 0.4) is 0 Å². The van der Waals surface area contributed by atoms with Crippen molar-refractivity contribution < 1.29 is 14.5 Å². The van der Waals surface area contributed by atoms with Crippen LogP contribution in [0.25, 0.3) is 17.3 Å². The van der Waals surface area contributed by atoms with E-state index >= 15 is 0 Å². The van der Waals surface area contributed by atoms with Crippen molar-refractivity contribution >= 4 is 39.8 Å². The van der Waals surface area contributed by atoms with E-state index in [0.29, 0.717) is 11.3 Å².